The number of esters is 1. The second-order valence-electron chi connectivity index (χ2n) is 6.34. The summed E-state index contributed by atoms with van der Waals surface area (Å²) in [6.45, 7) is 4.99. The molecule has 0 radical (unpaired) electrons. The number of hydrogen-bond acceptors (Lipinski definition) is 4. The highest BCUT2D eigenvalue weighted by atomic mass is 19.1. The Morgan fingerprint density at radius 1 is 1.20 bits per heavy atom. The highest BCUT2D eigenvalue weighted by Crippen LogP contribution is 2.10. The maximum atomic E-state index is 13.9. The molecule has 1 aromatic carbocycles. The Bertz CT molecular complexity index is 564. The summed E-state index contributed by atoms with van der Waals surface area (Å²) in [7, 11) is 3.81. The molecule has 1 aromatic rings. The number of carbonyl (C=O) groups is 2. The van der Waals surface area contributed by atoms with E-state index in [1.54, 1.807) is 32.0 Å². The number of carbonyl (C=O) groups excluding carboxylic acids is 2. The maximum Gasteiger partial charge on any atom is 0.317 e. The Balaban J connectivity index is 2.60. The standard InChI is InChI=1S/C18H28FN3O3/c1-14(2)25-17(23)9-10-20-18(24)22(12-11-21(3)4)13-15-7-5-6-8-16(15)19/h5-8,14H,9-13H2,1-4H3,(H,20,24). The summed E-state index contributed by atoms with van der Waals surface area (Å²) in [6, 6.07) is 6.05. The van der Waals surface area contributed by atoms with Crippen LogP contribution in [0.15, 0.2) is 24.3 Å². The van der Waals surface area contributed by atoms with Gasteiger partial charge in [-0.25, -0.2) is 9.18 Å². The molecule has 0 bridgehead atoms. The van der Waals surface area contributed by atoms with Crippen LogP contribution in [0.5, 0.6) is 0 Å². The molecule has 25 heavy (non-hydrogen) atoms. The van der Waals surface area contributed by atoms with E-state index >= 15 is 0 Å². The van der Waals surface area contributed by atoms with Crippen molar-refractivity contribution in [2.75, 3.05) is 33.7 Å². The van der Waals surface area contributed by atoms with E-state index < -0.39 is 0 Å². The highest BCUT2D eigenvalue weighted by Gasteiger charge is 2.16. The number of amides is 2. The summed E-state index contributed by atoms with van der Waals surface area (Å²) in [5.41, 5.74) is 0.454. The molecule has 7 heteroatoms. The zero-order valence-corrected chi connectivity index (χ0v) is 15.4. The van der Waals surface area contributed by atoms with E-state index in [-0.39, 0.29) is 43.4 Å². The lowest BCUT2D eigenvalue weighted by Gasteiger charge is -2.25. The first-order chi connectivity index (χ1) is 11.8. The van der Waals surface area contributed by atoms with Crippen LogP contribution in [-0.2, 0) is 16.1 Å². The van der Waals surface area contributed by atoms with Crippen molar-refractivity contribution in [3.05, 3.63) is 35.6 Å². The van der Waals surface area contributed by atoms with E-state index in [1.165, 1.54) is 11.0 Å². The van der Waals surface area contributed by atoms with Crippen LogP contribution in [-0.4, -0.2) is 61.6 Å². The van der Waals surface area contributed by atoms with Crippen molar-refractivity contribution in [2.45, 2.75) is 32.9 Å². The van der Waals surface area contributed by atoms with Crippen molar-refractivity contribution >= 4 is 12.0 Å². The number of rotatable bonds is 9. The van der Waals surface area contributed by atoms with Gasteiger partial charge in [-0.05, 0) is 34.0 Å². The molecule has 1 N–H and O–H groups in total. The second kappa shape index (κ2) is 10.7. The summed E-state index contributed by atoms with van der Waals surface area (Å²) in [6.07, 6.45) is -0.0775. The molecule has 1 rings (SSSR count). The van der Waals surface area contributed by atoms with Gasteiger partial charge in [-0.2, -0.15) is 0 Å². The molecule has 0 heterocycles. The lowest BCUT2D eigenvalue weighted by molar-refractivity contribution is -0.147. The van der Waals surface area contributed by atoms with Crippen LogP contribution in [0.2, 0.25) is 0 Å². The average Bonchev–Trinajstić information content (AvgIpc) is 2.52. The number of benzene rings is 1. The summed E-state index contributed by atoms with van der Waals surface area (Å²) in [5, 5.41) is 2.70. The van der Waals surface area contributed by atoms with Crippen LogP contribution < -0.4 is 5.32 Å². The Morgan fingerprint density at radius 3 is 2.48 bits per heavy atom. The predicted octanol–water partition coefficient (Wildman–Crippen LogP) is 2.24. The minimum Gasteiger partial charge on any atom is -0.463 e. The lowest BCUT2D eigenvalue weighted by Crippen LogP contribution is -2.43. The third kappa shape index (κ3) is 8.49. The van der Waals surface area contributed by atoms with Gasteiger partial charge in [0.15, 0.2) is 0 Å². The summed E-state index contributed by atoms with van der Waals surface area (Å²) in [5.74, 6) is -0.699. The largest absolute Gasteiger partial charge is 0.463 e. The van der Waals surface area contributed by atoms with Crippen LogP contribution in [0.1, 0.15) is 25.8 Å². The summed E-state index contributed by atoms with van der Waals surface area (Å²) in [4.78, 5) is 27.4. The van der Waals surface area contributed by atoms with Gasteiger partial charge in [0.1, 0.15) is 5.82 Å². The molecule has 0 spiro atoms. The Kier molecular flexibility index (Phi) is 8.91. The van der Waals surface area contributed by atoms with Gasteiger partial charge in [0.2, 0.25) is 0 Å². The van der Waals surface area contributed by atoms with Crippen LogP contribution in [0, 0.1) is 5.82 Å². The third-order valence-corrected chi connectivity index (χ3v) is 3.40. The Morgan fingerprint density at radius 2 is 1.88 bits per heavy atom. The van der Waals surface area contributed by atoms with Crippen LogP contribution >= 0.6 is 0 Å². The molecule has 0 saturated heterocycles. The van der Waals surface area contributed by atoms with Gasteiger partial charge in [0, 0.05) is 25.2 Å². The monoisotopic (exact) mass is 353 g/mol. The molecule has 0 aromatic heterocycles. The summed E-state index contributed by atoms with van der Waals surface area (Å²) >= 11 is 0. The van der Waals surface area contributed by atoms with Gasteiger partial charge >= 0.3 is 12.0 Å². The Hall–Kier alpha value is -2.15. The zero-order chi connectivity index (χ0) is 18.8. The first kappa shape index (κ1) is 20.9. The molecule has 0 unspecified atom stereocenters. The molecule has 0 aliphatic rings. The molecule has 0 saturated carbocycles. The van der Waals surface area contributed by atoms with Gasteiger partial charge in [0.05, 0.1) is 19.1 Å². The van der Waals surface area contributed by atoms with Gasteiger partial charge in [0.25, 0.3) is 0 Å². The number of nitrogens with one attached hydrogen (secondary N) is 1. The minimum absolute atomic E-state index is 0.102. The fourth-order valence-electron chi connectivity index (χ4n) is 2.11. The van der Waals surface area contributed by atoms with Gasteiger partial charge in [-0.1, -0.05) is 18.2 Å². The number of hydrogen-bond donors (Lipinski definition) is 1. The molecule has 0 atom stereocenters. The van der Waals surface area contributed by atoms with Crippen molar-refractivity contribution in [3.8, 4) is 0 Å². The van der Waals surface area contributed by atoms with Gasteiger partial charge in [-0.15, -0.1) is 0 Å². The van der Waals surface area contributed by atoms with Crippen LogP contribution in [0.25, 0.3) is 0 Å². The number of halogens is 1. The van der Waals surface area contributed by atoms with E-state index in [1.807, 2.05) is 19.0 Å². The van der Waals surface area contributed by atoms with E-state index in [9.17, 15) is 14.0 Å². The van der Waals surface area contributed by atoms with Crippen molar-refractivity contribution < 1.29 is 18.7 Å². The van der Waals surface area contributed by atoms with E-state index in [2.05, 4.69) is 5.32 Å². The fraction of sp³-hybridized carbons (Fsp3) is 0.556. The molecular weight excluding hydrogens is 325 g/mol. The average molecular weight is 353 g/mol. The van der Waals surface area contributed by atoms with E-state index in [0.717, 1.165) is 0 Å². The topological polar surface area (TPSA) is 61.9 Å². The number of nitrogens with zero attached hydrogens (tertiary/aromatic N) is 2. The second-order valence-corrected chi connectivity index (χ2v) is 6.34. The molecule has 0 aliphatic heterocycles. The molecule has 0 aliphatic carbocycles. The number of ether oxygens (including phenoxy) is 1. The molecule has 140 valence electrons. The first-order valence-corrected chi connectivity index (χ1v) is 8.40. The summed E-state index contributed by atoms with van der Waals surface area (Å²) < 4.78 is 18.9. The van der Waals surface area contributed by atoms with Crippen molar-refractivity contribution in [3.63, 3.8) is 0 Å². The van der Waals surface area contributed by atoms with Crippen molar-refractivity contribution in [2.24, 2.45) is 0 Å². The lowest BCUT2D eigenvalue weighted by atomic mass is 10.2. The highest BCUT2D eigenvalue weighted by molar-refractivity contribution is 5.75. The van der Waals surface area contributed by atoms with E-state index in [0.29, 0.717) is 18.7 Å². The smallest absolute Gasteiger partial charge is 0.317 e. The van der Waals surface area contributed by atoms with Crippen molar-refractivity contribution in [1.29, 1.82) is 0 Å². The minimum atomic E-state index is -0.357. The predicted molar refractivity (Wildman–Crippen MR) is 94.6 cm³/mol. The van der Waals surface area contributed by atoms with Gasteiger partial charge < -0.3 is 19.9 Å². The quantitative estimate of drug-likeness (QED) is 0.692. The van der Waals surface area contributed by atoms with Crippen LogP contribution in [0.4, 0.5) is 9.18 Å². The molecule has 6 nitrogen and oxygen atoms in total. The SMILES string of the molecule is CC(C)OC(=O)CCNC(=O)N(CCN(C)C)Cc1ccccc1F. The van der Waals surface area contributed by atoms with Crippen LogP contribution in [0.3, 0.4) is 0 Å². The number of likely N-dealkylation sites (N-methyl/N-ethyl adjacent to an activating group) is 1. The fourth-order valence-corrected chi connectivity index (χ4v) is 2.11. The van der Waals surface area contributed by atoms with Gasteiger partial charge in [-0.3, -0.25) is 4.79 Å². The number of urea groups is 1. The Labute approximate surface area is 148 Å². The van der Waals surface area contributed by atoms with E-state index in [4.69, 9.17) is 4.74 Å². The molecule has 0 fully saturated rings. The maximum absolute atomic E-state index is 13.9. The first-order valence-electron chi connectivity index (χ1n) is 8.40. The molecular formula is C18H28FN3O3. The third-order valence-electron chi connectivity index (χ3n) is 3.40. The normalized spacial score (nSPS) is 10.8. The zero-order valence-electron chi connectivity index (χ0n) is 15.4. The molecule has 2 amide bonds. The van der Waals surface area contributed by atoms with Crippen molar-refractivity contribution in [1.82, 2.24) is 15.1 Å².